The van der Waals surface area contributed by atoms with Gasteiger partial charge in [-0.3, -0.25) is 14.9 Å². The number of nitrogens with zero attached hydrogens (tertiary/aromatic N) is 1. The molecule has 1 aliphatic rings. The van der Waals surface area contributed by atoms with Crippen LogP contribution >= 0.6 is 0 Å². The number of hydrogen-bond donors (Lipinski definition) is 1. The summed E-state index contributed by atoms with van der Waals surface area (Å²) in [4.78, 5) is 21.9. The average molecular weight is 249 g/mol. The molecule has 0 radical (unpaired) electrons. The number of rotatable bonds is 3. The summed E-state index contributed by atoms with van der Waals surface area (Å²) >= 11 is 0. The minimum atomic E-state index is -0.933. The number of benzene rings is 1. The van der Waals surface area contributed by atoms with Gasteiger partial charge in [-0.1, -0.05) is 18.6 Å². The summed E-state index contributed by atoms with van der Waals surface area (Å²) in [6.07, 6.45) is 2.01. The van der Waals surface area contributed by atoms with Crippen LogP contribution in [0.5, 0.6) is 0 Å². The van der Waals surface area contributed by atoms with E-state index in [9.17, 15) is 20.0 Å². The van der Waals surface area contributed by atoms with Gasteiger partial charge in [0.2, 0.25) is 0 Å². The number of carbonyl (C=O) groups excluding carboxylic acids is 1. The van der Waals surface area contributed by atoms with E-state index in [2.05, 4.69) is 0 Å². The van der Waals surface area contributed by atoms with Crippen molar-refractivity contribution >= 4 is 11.5 Å². The van der Waals surface area contributed by atoms with Crippen LogP contribution in [0.3, 0.4) is 0 Å². The summed E-state index contributed by atoms with van der Waals surface area (Å²) in [7, 11) is 0. The zero-order chi connectivity index (χ0) is 13.1. The first-order chi connectivity index (χ1) is 8.59. The largest absolute Gasteiger partial charge is 0.388 e. The highest BCUT2D eigenvalue weighted by atomic mass is 16.6. The van der Waals surface area contributed by atoms with Gasteiger partial charge in [-0.25, -0.2) is 0 Å². The molecule has 5 heteroatoms. The van der Waals surface area contributed by atoms with Crippen LogP contribution in [-0.2, 0) is 4.79 Å². The Bertz CT molecular complexity index is 472. The van der Waals surface area contributed by atoms with E-state index in [-0.39, 0.29) is 11.5 Å². The van der Waals surface area contributed by atoms with Gasteiger partial charge in [0.15, 0.2) is 0 Å². The second kappa shape index (κ2) is 5.27. The molecule has 1 aromatic rings. The van der Waals surface area contributed by atoms with Crippen molar-refractivity contribution in [2.45, 2.75) is 31.8 Å². The first-order valence-corrected chi connectivity index (χ1v) is 6.04. The van der Waals surface area contributed by atoms with Crippen molar-refractivity contribution in [2.75, 3.05) is 0 Å². The maximum Gasteiger partial charge on any atom is 0.269 e. The highest BCUT2D eigenvalue weighted by molar-refractivity contribution is 5.82. The smallest absolute Gasteiger partial charge is 0.269 e. The third kappa shape index (κ3) is 2.56. The SMILES string of the molecule is O=C1CCCC[C@H]1[C@H](O)c1cccc([N+](=O)[O-])c1. The van der Waals surface area contributed by atoms with E-state index in [0.29, 0.717) is 18.4 Å². The van der Waals surface area contributed by atoms with Gasteiger partial charge in [-0.2, -0.15) is 0 Å². The second-order valence-electron chi connectivity index (χ2n) is 4.62. The minimum Gasteiger partial charge on any atom is -0.388 e. The predicted molar refractivity (Wildman–Crippen MR) is 65.0 cm³/mol. The Morgan fingerprint density at radius 1 is 1.39 bits per heavy atom. The van der Waals surface area contributed by atoms with E-state index < -0.39 is 16.9 Å². The number of carbonyl (C=O) groups is 1. The first-order valence-electron chi connectivity index (χ1n) is 6.04. The molecule has 2 rings (SSSR count). The Balaban J connectivity index is 2.22. The molecule has 1 saturated carbocycles. The molecule has 0 unspecified atom stereocenters. The van der Waals surface area contributed by atoms with Gasteiger partial charge in [0.25, 0.3) is 5.69 Å². The van der Waals surface area contributed by atoms with Gasteiger partial charge in [0, 0.05) is 24.5 Å². The monoisotopic (exact) mass is 249 g/mol. The molecule has 0 amide bonds. The Morgan fingerprint density at radius 3 is 2.83 bits per heavy atom. The molecule has 1 N–H and O–H groups in total. The van der Waals surface area contributed by atoms with Crippen LogP contribution < -0.4 is 0 Å². The maximum atomic E-state index is 11.7. The summed E-state index contributed by atoms with van der Waals surface area (Å²) in [6, 6.07) is 5.87. The lowest BCUT2D eigenvalue weighted by molar-refractivity contribution is -0.385. The lowest BCUT2D eigenvalue weighted by atomic mass is 9.81. The molecule has 2 atom stereocenters. The number of nitro groups is 1. The van der Waals surface area contributed by atoms with Crippen LogP contribution in [0.2, 0.25) is 0 Å². The summed E-state index contributed by atoms with van der Waals surface area (Å²) in [5, 5.41) is 20.9. The van der Waals surface area contributed by atoms with Crippen molar-refractivity contribution in [3.05, 3.63) is 39.9 Å². The van der Waals surface area contributed by atoms with E-state index in [1.165, 1.54) is 18.2 Å². The molecule has 1 aliphatic carbocycles. The second-order valence-corrected chi connectivity index (χ2v) is 4.62. The third-order valence-electron chi connectivity index (χ3n) is 3.41. The third-order valence-corrected chi connectivity index (χ3v) is 3.41. The predicted octanol–water partition coefficient (Wildman–Crippen LogP) is 2.39. The Kier molecular flexibility index (Phi) is 3.72. The van der Waals surface area contributed by atoms with Crippen molar-refractivity contribution in [2.24, 2.45) is 5.92 Å². The van der Waals surface area contributed by atoms with Crippen LogP contribution in [0.15, 0.2) is 24.3 Å². The Morgan fingerprint density at radius 2 is 2.17 bits per heavy atom. The van der Waals surface area contributed by atoms with Crippen LogP contribution in [0.4, 0.5) is 5.69 Å². The normalized spacial score (nSPS) is 21.6. The van der Waals surface area contributed by atoms with Crippen molar-refractivity contribution < 1.29 is 14.8 Å². The van der Waals surface area contributed by atoms with Crippen LogP contribution in [0.25, 0.3) is 0 Å². The van der Waals surface area contributed by atoms with Crippen molar-refractivity contribution in [1.29, 1.82) is 0 Å². The number of Topliss-reactive ketones (excluding diaryl/α,β-unsaturated/α-hetero) is 1. The van der Waals surface area contributed by atoms with Crippen molar-refractivity contribution in [3.8, 4) is 0 Å². The lowest BCUT2D eigenvalue weighted by Crippen LogP contribution is -2.25. The Hall–Kier alpha value is -1.75. The molecule has 96 valence electrons. The fraction of sp³-hybridized carbons (Fsp3) is 0.462. The number of aliphatic hydroxyl groups is 1. The highest BCUT2D eigenvalue weighted by Gasteiger charge is 2.30. The van der Waals surface area contributed by atoms with Crippen LogP contribution in [-0.4, -0.2) is 15.8 Å². The molecule has 0 aliphatic heterocycles. The van der Waals surface area contributed by atoms with Crippen LogP contribution in [0.1, 0.15) is 37.4 Å². The van der Waals surface area contributed by atoms with E-state index in [1.54, 1.807) is 6.07 Å². The highest BCUT2D eigenvalue weighted by Crippen LogP contribution is 2.33. The lowest BCUT2D eigenvalue weighted by Gasteiger charge is -2.25. The molecule has 5 nitrogen and oxygen atoms in total. The van der Waals surface area contributed by atoms with Crippen LogP contribution in [0, 0.1) is 16.0 Å². The van der Waals surface area contributed by atoms with E-state index in [4.69, 9.17) is 0 Å². The van der Waals surface area contributed by atoms with E-state index in [1.807, 2.05) is 0 Å². The fourth-order valence-corrected chi connectivity index (χ4v) is 2.40. The summed E-state index contributed by atoms with van der Waals surface area (Å²) in [6.45, 7) is 0. The topological polar surface area (TPSA) is 80.4 Å². The molecule has 1 aromatic carbocycles. The number of non-ortho nitro benzene ring substituents is 1. The van der Waals surface area contributed by atoms with Gasteiger partial charge in [0.1, 0.15) is 5.78 Å². The number of nitro benzene ring substituents is 1. The van der Waals surface area contributed by atoms with Gasteiger partial charge >= 0.3 is 0 Å². The minimum absolute atomic E-state index is 0.0558. The quantitative estimate of drug-likeness (QED) is 0.658. The zero-order valence-electron chi connectivity index (χ0n) is 9.91. The number of ketones is 1. The van der Waals surface area contributed by atoms with Crippen molar-refractivity contribution in [1.82, 2.24) is 0 Å². The molecule has 18 heavy (non-hydrogen) atoms. The van der Waals surface area contributed by atoms with Crippen molar-refractivity contribution in [3.63, 3.8) is 0 Å². The molecule has 1 fully saturated rings. The molecule has 0 bridgehead atoms. The Labute approximate surface area is 105 Å². The fourth-order valence-electron chi connectivity index (χ4n) is 2.40. The molecule has 0 saturated heterocycles. The molecule has 0 heterocycles. The number of hydrogen-bond acceptors (Lipinski definition) is 4. The molecule has 0 spiro atoms. The molecular weight excluding hydrogens is 234 g/mol. The summed E-state index contributed by atoms with van der Waals surface area (Å²) in [5.74, 6) is -0.360. The van der Waals surface area contributed by atoms with E-state index >= 15 is 0 Å². The maximum absolute atomic E-state index is 11.7. The average Bonchev–Trinajstić information content (AvgIpc) is 2.38. The first kappa shape index (κ1) is 12.7. The van der Waals surface area contributed by atoms with Gasteiger partial charge < -0.3 is 5.11 Å². The molecule has 0 aromatic heterocycles. The number of aliphatic hydroxyl groups excluding tert-OH is 1. The van der Waals surface area contributed by atoms with Gasteiger partial charge in [-0.05, 0) is 18.4 Å². The summed E-state index contributed by atoms with van der Waals surface area (Å²) in [5.41, 5.74) is 0.388. The summed E-state index contributed by atoms with van der Waals surface area (Å²) < 4.78 is 0. The van der Waals surface area contributed by atoms with Gasteiger partial charge in [-0.15, -0.1) is 0 Å². The van der Waals surface area contributed by atoms with E-state index in [0.717, 1.165) is 12.8 Å². The standard InChI is InChI=1S/C13H15NO4/c15-12-7-2-1-6-11(12)13(16)9-4-3-5-10(8-9)14(17)18/h3-5,8,11,13,16H,1-2,6-7H2/t11-,13-/m1/s1. The molecular formula is C13H15NO4. The zero-order valence-corrected chi connectivity index (χ0v) is 9.91. The van der Waals surface area contributed by atoms with Gasteiger partial charge in [0.05, 0.1) is 11.0 Å².